The first kappa shape index (κ1) is 15.9. The molecule has 0 N–H and O–H groups in total. The fourth-order valence-corrected chi connectivity index (χ4v) is 3.56. The van der Waals surface area contributed by atoms with Crippen LogP contribution in [-0.2, 0) is 17.8 Å². The van der Waals surface area contributed by atoms with E-state index < -0.39 is 0 Å². The summed E-state index contributed by atoms with van der Waals surface area (Å²) in [5.74, 6) is 2.81. The summed E-state index contributed by atoms with van der Waals surface area (Å²) in [4.78, 5) is 25.1. The molecule has 6 heteroatoms. The van der Waals surface area contributed by atoms with E-state index in [0.29, 0.717) is 6.61 Å². The van der Waals surface area contributed by atoms with Crippen LogP contribution in [0.15, 0.2) is 24.3 Å². The molecular weight excluding hydrogens is 316 g/mol. The van der Waals surface area contributed by atoms with E-state index in [0.717, 1.165) is 66.8 Å². The Hall–Kier alpha value is -2.63. The average molecular weight is 338 g/mol. The van der Waals surface area contributed by atoms with Gasteiger partial charge in [-0.2, -0.15) is 0 Å². The van der Waals surface area contributed by atoms with E-state index in [4.69, 9.17) is 9.72 Å². The second kappa shape index (κ2) is 6.35. The second-order valence-corrected chi connectivity index (χ2v) is 6.59. The molecule has 1 saturated heterocycles. The number of benzene rings is 1. The van der Waals surface area contributed by atoms with Crippen LogP contribution < -0.4 is 9.64 Å². The zero-order valence-electron chi connectivity index (χ0n) is 14.7. The number of amides is 1. The van der Waals surface area contributed by atoms with E-state index >= 15 is 0 Å². The van der Waals surface area contributed by atoms with Gasteiger partial charge >= 0.3 is 0 Å². The maximum atomic E-state index is 11.6. The summed E-state index contributed by atoms with van der Waals surface area (Å²) in [7, 11) is 0. The summed E-state index contributed by atoms with van der Waals surface area (Å²) in [6.45, 7) is 7.09. The Morgan fingerprint density at radius 1 is 1.12 bits per heavy atom. The summed E-state index contributed by atoms with van der Waals surface area (Å²) in [6.07, 6.45) is 0.772. The molecule has 1 aromatic carbocycles. The predicted octanol–water partition coefficient (Wildman–Crippen LogP) is 1.94. The smallest absolute Gasteiger partial charge is 0.219 e. The lowest BCUT2D eigenvalue weighted by molar-refractivity contribution is -0.129. The number of nitrogens with zero attached hydrogens (tertiary/aromatic N) is 4. The van der Waals surface area contributed by atoms with Crippen LogP contribution >= 0.6 is 0 Å². The second-order valence-electron chi connectivity index (χ2n) is 6.59. The number of carbonyl (C=O) groups is 1. The van der Waals surface area contributed by atoms with Gasteiger partial charge in [-0.15, -0.1) is 0 Å². The molecular formula is C19H22N4O2. The fourth-order valence-electron chi connectivity index (χ4n) is 3.56. The maximum absolute atomic E-state index is 11.6. The van der Waals surface area contributed by atoms with Crippen molar-refractivity contribution >= 4 is 11.7 Å². The number of aromatic nitrogens is 2. The zero-order chi connectivity index (χ0) is 17.4. The standard InChI is InChI=1S/C19H22N4O2/c1-13-20-17-12-25-18-6-4-3-5-15(18)11-16(17)19(21-13)23-9-7-22(8-10-23)14(2)24/h3-6H,7-12H2,1-2H3. The monoisotopic (exact) mass is 338 g/mol. The van der Waals surface area contributed by atoms with Crippen molar-refractivity contribution in [2.75, 3.05) is 31.1 Å². The first-order valence-electron chi connectivity index (χ1n) is 8.69. The number of para-hydroxylation sites is 1. The molecule has 1 amide bonds. The molecule has 0 bridgehead atoms. The van der Waals surface area contributed by atoms with Gasteiger partial charge in [0.15, 0.2) is 0 Å². The van der Waals surface area contributed by atoms with Crippen molar-refractivity contribution in [3.63, 3.8) is 0 Å². The first-order chi connectivity index (χ1) is 12.1. The number of rotatable bonds is 1. The minimum atomic E-state index is 0.139. The summed E-state index contributed by atoms with van der Waals surface area (Å²) in [5, 5.41) is 0. The molecule has 2 aliphatic rings. The molecule has 0 unspecified atom stereocenters. The van der Waals surface area contributed by atoms with Gasteiger partial charge in [-0.3, -0.25) is 4.79 Å². The van der Waals surface area contributed by atoms with Crippen molar-refractivity contribution in [3.05, 3.63) is 46.9 Å². The van der Waals surface area contributed by atoms with Gasteiger partial charge in [-0.25, -0.2) is 9.97 Å². The van der Waals surface area contributed by atoms with E-state index in [1.165, 1.54) is 0 Å². The summed E-state index contributed by atoms with van der Waals surface area (Å²) < 4.78 is 5.96. The quantitative estimate of drug-likeness (QED) is 0.795. The Bertz CT molecular complexity index is 813. The van der Waals surface area contributed by atoms with Gasteiger partial charge in [0.1, 0.15) is 24.0 Å². The molecule has 0 radical (unpaired) electrons. The molecule has 0 saturated carbocycles. The molecule has 130 valence electrons. The third-order valence-electron chi connectivity index (χ3n) is 4.91. The van der Waals surface area contributed by atoms with E-state index in [1.807, 2.05) is 30.0 Å². The van der Waals surface area contributed by atoms with Crippen LogP contribution in [0.5, 0.6) is 5.75 Å². The summed E-state index contributed by atoms with van der Waals surface area (Å²) in [6, 6.07) is 8.13. The third-order valence-corrected chi connectivity index (χ3v) is 4.91. The summed E-state index contributed by atoms with van der Waals surface area (Å²) in [5.41, 5.74) is 3.27. The van der Waals surface area contributed by atoms with Gasteiger partial charge in [0.25, 0.3) is 0 Å². The van der Waals surface area contributed by atoms with Gasteiger partial charge < -0.3 is 14.5 Å². The van der Waals surface area contributed by atoms with Crippen LogP contribution in [0.3, 0.4) is 0 Å². The Balaban J connectivity index is 1.68. The molecule has 0 atom stereocenters. The van der Waals surface area contributed by atoms with Crippen LogP contribution in [0, 0.1) is 6.92 Å². The molecule has 6 nitrogen and oxygen atoms in total. The Labute approximate surface area is 147 Å². The van der Waals surface area contributed by atoms with Crippen LogP contribution in [0.25, 0.3) is 0 Å². The van der Waals surface area contributed by atoms with Crippen molar-refractivity contribution in [1.82, 2.24) is 14.9 Å². The van der Waals surface area contributed by atoms with E-state index in [2.05, 4.69) is 16.0 Å². The first-order valence-corrected chi connectivity index (χ1v) is 8.69. The van der Waals surface area contributed by atoms with Crippen molar-refractivity contribution in [2.24, 2.45) is 0 Å². The number of hydrogen-bond acceptors (Lipinski definition) is 5. The SMILES string of the molecule is CC(=O)N1CCN(c2nc(C)nc3c2Cc2ccccc2OC3)CC1. The van der Waals surface area contributed by atoms with E-state index in [1.54, 1.807) is 6.92 Å². The molecule has 3 heterocycles. The lowest BCUT2D eigenvalue weighted by Gasteiger charge is -2.36. The van der Waals surface area contributed by atoms with Gasteiger partial charge in [0.05, 0.1) is 5.69 Å². The highest BCUT2D eigenvalue weighted by molar-refractivity contribution is 5.73. The van der Waals surface area contributed by atoms with Gasteiger partial charge in [0, 0.05) is 45.1 Å². The highest BCUT2D eigenvalue weighted by Gasteiger charge is 2.26. The number of fused-ring (bicyclic) bond motifs is 2. The largest absolute Gasteiger partial charge is 0.487 e. The minimum absolute atomic E-state index is 0.139. The normalized spacial score (nSPS) is 16.6. The topological polar surface area (TPSA) is 58.6 Å². The fraction of sp³-hybridized carbons (Fsp3) is 0.421. The third kappa shape index (κ3) is 3.04. The molecule has 1 aromatic heterocycles. The van der Waals surface area contributed by atoms with Gasteiger partial charge in [-0.1, -0.05) is 18.2 Å². The molecule has 4 rings (SSSR count). The zero-order valence-corrected chi connectivity index (χ0v) is 14.7. The molecule has 2 aliphatic heterocycles. The number of ether oxygens (including phenoxy) is 1. The Morgan fingerprint density at radius 2 is 1.88 bits per heavy atom. The highest BCUT2D eigenvalue weighted by atomic mass is 16.5. The number of carbonyl (C=O) groups excluding carboxylic acids is 1. The van der Waals surface area contributed by atoms with Crippen molar-refractivity contribution in [3.8, 4) is 5.75 Å². The van der Waals surface area contributed by atoms with E-state index in [9.17, 15) is 4.79 Å². The number of hydrogen-bond donors (Lipinski definition) is 0. The minimum Gasteiger partial charge on any atom is -0.487 e. The van der Waals surface area contributed by atoms with Gasteiger partial charge in [-0.05, 0) is 18.6 Å². The Kier molecular flexibility index (Phi) is 4.03. The number of anilines is 1. The predicted molar refractivity (Wildman–Crippen MR) is 94.8 cm³/mol. The molecule has 2 aromatic rings. The van der Waals surface area contributed by atoms with Crippen LogP contribution in [0.1, 0.15) is 29.6 Å². The maximum Gasteiger partial charge on any atom is 0.219 e. The van der Waals surface area contributed by atoms with Crippen LogP contribution in [0.2, 0.25) is 0 Å². The molecule has 25 heavy (non-hydrogen) atoms. The highest BCUT2D eigenvalue weighted by Crippen LogP contribution is 2.32. The number of aryl methyl sites for hydroxylation is 1. The number of piperazine rings is 1. The Morgan fingerprint density at radius 3 is 2.64 bits per heavy atom. The van der Waals surface area contributed by atoms with E-state index in [-0.39, 0.29) is 5.91 Å². The van der Waals surface area contributed by atoms with Crippen LogP contribution in [0.4, 0.5) is 5.82 Å². The lowest BCUT2D eigenvalue weighted by atomic mass is 10.0. The van der Waals surface area contributed by atoms with Crippen LogP contribution in [-0.4, -0.2) is 47.0 Å². The van der Waals surface area contributed by atoms with Gasteiger partial charge in [0.2, 0.25) is 5.91 Å². The van der Waals surface area contributed by atoms with Crippen molar-refractivity contribution in [1.29, 1.82) is 0 Å². The molecule has 1 fully saturated rings. The van der Waals surface area contributed by atoms with Crippen molar-refractivity contribution < 1.29 is 9.53 Å². The lowest BCUT2D eigenvalue weighted by Crippen LogP contribution is -2.48. The molecule has 0 aliphatic carbocycles. The average Bonchev–Trinajstić information content (AvgIpc) is 2.80. The summed E-state index contributed by atoms with van der Waals surface area (Å²) >= 11 is 0. The molecule has 0 spiro atoms. The van der Waals surface area contributed by atoms with Crippen molar-refractivity contribution in [2.45, 2.75) is 26.9 Å².